The molecule has 3 rings (SSSR count). The van der Waals surface area contributed by atoms with E-state index in [9.17, 15) is 0 Å². The molecule has 102 valence electrons. The summed E-state index contributed by atoms with van der Waals surface area (Å²) in [7, 11) is 4.31. The van der Waals surface area contributed by atoms with Crippen LogP contribution in [0.4, 0.5) is 0 Å². The van der Waals surface area contributed by atoms with E-state index in [1.54, 1.807) is 11.3 Å². The molecular formula is C17H24N2. The smallest absolute Gasteiger partial charge is 0.0515 e. The van der Waals surface area contributed by atoms with Gasteiger partial charge >= 0.3 is 0 Å². The number of nitrogens with zero attached hydrogens (tertiary/aromatic N) is 1. The molecule has 0 fully saturated rings. The first-order valence-corrected chi connectivity index (χ1v) is 7.37. The lowest BCUT2D eigenvalue weighted by Gasteiger charge is -2.24. The Kier molecular flexibility index (Phi) is 3.14. The van der Waals surface area contributed by atoms with Crippen molar-refractivity contribution in [1.29, 1.82) is 0 Å². The average Bonchev–Trinajstić information content (AvgIpc) is 2.71. The van der Waals surface area contributed by atoms with Crippen LogP contribution in [-0.2, 0) is 13.5 Å². The van der Waals surface area contributed by atoms with Crippen LogP contribution in [0.15, 0.2) is 12.1 Å². The van der Waals surface area contributed by atoms with E-state index < -0.39 is 0 Å². The summed E-state index contributed by atoms with van der Waals surface area (Å²) in [6.45, 7) is 5.58. The van der Waals surface area contributed by atoms with Gasteiger partial charge in [0, 0.05) is 30.6 Å². The third-order valence-corrected chi connectivity index (χ3v) is 4.71. The van der Waals surface area contributed by atoms with Crippen molar-refractivity contribution in [3.8, 4) is 0 Å². The van der Waals surface area contributed by atoms with Crippen LogP contribution in [0.3, 0.4) is 0 Å². The van der Waals surface area contributed by atoms with E-state index in [0.717, 1.165) is 6.54 Å². The van der Waals surface area contributed by atoms with Crippen molar-refractivity contribution in [3.05, 3.63) is 34.5 Å². The minimum Gasteiger partial charge on any atom is -0.347 e. The Morgan fingerprint density at radius 2 is 2.00 bits per heavy atom. The molecule has 2 nitrogen and oxygen atoms in total. The Morgan fingerprint density at radius 3 is 2.74 bits per heavy atom. The van der Waals surface area contributed by atoms with Crippen LogP contribution in [0.5, 0.6) is 0 Å². The third-order valence-electron chi connectivity index (χ3n) is 4.71. The molecule has 0 spiro atoms. The van der Waals surface area contributed by atoms with E-state index in [2.05, 4.69) is 50.0 Å². The van der Waals surface area contributed by atoms with E-state index >= 15 is 0 Å². The van der Waals surface area contributed by atoms with Gasteiger partial charge in [-0.05, 0) is 56.8 Å². The first kappa shape index (κ1) is 12.7. The maximum Gasteiger partial charge on any atom is 0.0515 e. The Morgan fingerprint density at radius 1 is 1.26 bits per heavy atom. The molecule has 1 atom stereocenters. The topological polar surface area (TPSA) is 17.0 Å². The normalized spacial score (nSPS) is 18.8. The van der Waals surface area contributed by atoms with Crippen LogP contribution in [0.1, 0.15) is 41.1 Å². The first-order chi connectivity index (χ1) is 9.15. The lowest BCUT2D eigenvalue weighted by molar-refractivity contribution is 0.506. The molecule has 1 heterocycles. The number of aromatic nitrogens is 1. The molecule has 1 aromatic carbocycles. The Balaban J connectivity index is 2.33. The molecule has 19 heavy (non-hydrogen) atoms. The highest BCUT2D eigenvalue weighted by Crippen LogP contribution is 2.39. The molecule has 1 aromatic heterocycles. The van der Waals surface area contributed by atoms with Gasteiger partial charge in [-0.1, -0.05) is 12.1 Å². The second-order valence-corrected chi connectivity index (χ2v) is 5.99. The Bertz CT molecular complexity index is 622. The molecular weight excluding hydrogens is 232 g/mol. The molecule has 2 aromatic rings. The van der Waals surface area contributed by atoms with Gasteiger partial charge in [0.1, 0.15) is 0 Å². The second kappa shape index (κ2) is 4.68. The number of rotatable bonds is 2. The van der Waals surface area contributed by atoms with Crippen LogP contribution in [-0.4, -0.2) is 18.2 Å². The molecule has 0 radical (unpaired) electrons. The van der Waals surface area contributed by atoms with E-state index in [1.807, 2.05) is 0 Å². The predicted octanol–water partition coefficient (Wildman–Crippen LogP) is 3.43. The van der Waals surface area contributed by atoms with Gasteiger partial charge in [0.05, 0.1) is 5.52 Å². The zero-order valence-electron chi connectivity index (χ0n) is 12.5. The number of hydrogen-bond acceptors (Lipinski definition) is 1. The van der Waals surface area contributed by atoms with Crippen LogP contribution >= 0.6 is 0 Å². The maximum atomic E-state index is 3.37. The number of nitrogens with one attached hydrogen (secondary N) is 1. The van der Waals surface area contributed by atoms with Crippen molar-refractivity contribution in [2.45, 2.75) is 39.0 Å². The lowest BCUT2D eigenvalue weighted by Crippen LogP contribution is -2.22. The quantitative estimate of drug-likeness (QED) is 0.871. The van der Waals surface area contributed by atoms with Gasteiger partial charge in [-0.3, -0.25) is 0 Å². The van der Waals surface area contributed by atoms with Crippen molar-refractivity contribution < 1.29 is 0 Å². The Hall–Kier alpha value is -1.28. The molecule has 0 amide bonds. The predicted molar refractivity (Wildman–Crippen MR) is 82.0 cm³/mol. The van der Waals surface area contributed by atoms with Gasteiger partial charge in [-0.15, -0.1) is 0 Å². The number of hydrogen-bond donors (Lipinski definition) is 1. The summed E-state index contributed by atoms with van der Waals surface area (Å²) in [5, 5.41) is 4.89. The number of aryl methyl sites for hydroxylation is 4. The fourth-order valence-corrected chi connectivity index (χ4v) is 3.94. The summed E-state index contributed by atoms with van der Waals surface area (Å²) >= 11 is 0. The van der Waals surface area contributed by atoms with Crippen LogP contribution < -0.4 is 5.32 Å². The Labute approximate surface area is 115 Å². The van der Waals surface area contributed by atoms with Gasteiger partial charge in [0.2, 0.25) is 0 Å². The number of likely N-dealkylation sites (N-methyl/N-ethyl adjacent to an activating group) is 1. The highest BCUT2D eigenvalue weighted by Gasteiger charge is 2.27. The second-order valence-electron chi connectivity index (χ2n) is 5.99. The van der Waals surface area contributed by atoms with E-state index in [1.165, 1.54) is 41.3 Å². The van der Waals surface area contributed by atoms with Crippen LogP contribution in [0, 0.1) is 13.8 Å². The maximum absolute atomic E-state index is 3.37. The zero-order chi connectivity index (χ0) is 13.6. The molecule has 1 N–H and O–H groups in total. The molecule has 1 aliphatic rings. The minimum absolute atomic E-state index is 0.671. The zero-order valence-corrected chi connectivity index (χ0v) is 12.5. The summed E-state index contributed by atoms with van der Waals surface area (Å²) in [4.78, 5) is 0. The standard InChI is InChI=1S/C17H24N2/c1-11-8-9-12(2)16-15(11)14-7-5-6-13(10-18-3)17(14)19(16)4/h8-9,13,18H,5-7,10H2,1-4H3. The number of fused-ring (bicyclic) bond motifs is 3. The summed E-state index contributed by atoms with van der Waals surface area (Å²) < 4.78 is 2.47. The minimum atomic E-state index is 0.671. The summed E-state index contributed by atoms with van der Waals surface area (Å²) in [5.74, 6) is 0.671. The van der Waals surface area contributed by atoms with Crippen molar-refractivity contribution in [1.82, 2.24) is 9.88 Å². The first-order valence-electron chi connectivity index (χ1n) is 7.37. The fraction of sp³-hybridized carbons (Fsp3) is 0.529. The molecule has 2 heteroatoms. The molecule has 0 aliphatic heterocycles. The van der Waals surface area contributed by atoms with Crippen molar-refractivity contribution in [3.63, 3.8) is 0 Å². The average molecular weight is 256 g/mol. The molecule has 1 aliphatic carbocycles. The largest absolute Gasteiger partial charge is 0.347 e. The third kappa shape index (κ3) is 1.81. The van der Waals surface area contributed by atoms with Crippen molar-refractivity contribution in [2.75, 3.05) is 13.6 Å². The molecule has 1 unspecified atom stereocenters. The molecule has 0 saturated heterocycles. The SMILES string of the molecule is CNCC1CCCc2c1n(C)c1c(C)ccc(C)c21. The van der Waals surface area contributed by atoms with Gasteiger partial charge in [-0.25, -0.2) is 0 Å². The van der Waals surface area contributed by atoms with Gasteiger partial charge < -0.3 is 9.88 Å². The highest BCUT2D eigenvalue weighted by molar-refractivity contribution is 5.91. The van der Waals surface area contributed by atoms with Crippen LogP contribution in [0.2, 0.25) is 0 Å². The van der Waals surface area contributed by atoms with Crippen molar-refractivity contribution >= 4 is 10.9 Å². The number of benzene rings is 1. The molecule has 0 bridgehead atoms. The van der Waals surface area contributed by atoms with Crippen molar-refractivity contribution in [2.24, 2.45) is 7.05 Å². The molecule has 0 saturated carbocycles. The van der Waals surface area contributed by atoms with E-state index in [4.69, 9.17) is 0 Å². The fourth-order valence-electron chi connectivity index (χ4n) is 3.94. The van der Waals surface area contributed by atoms with E-state index in [-0.39, 0.29) is 0 Å². The highest BCUT2D eigenvalue weighted by atomic mass is 15.0. The summed E-state index contributed by atoms with van der Waals surface area (Å²) in [5.41, 5.74) is 7.48. The lowest BCUT2D eigenvalue weighted by atomic mass is 9.86. The summed E-state index contributed by atoms with van der Waals surface area (Å²) in [6.07, 6.45) is 3.89. The van der Waals surface area contributed by atoms with Gasteiger partial charge in [0.15, 0.2) is 0 Å². The van der Waals surface area contributed by atoms with E-state index in [0.29, 0.717) is 5.92 Å². The van der Waals surface area contributed by atoms with Gasteiger partial charge in [0.25, 0.3) is 0 Å². The van der Waals surface area contributed by atoms with Crippen LogP contribution in [0.25, 0.3) is 10.9 Å². The monoisotopic (exact) mass is 256 g/mol. The summed E-state index contributed by atoms with van der Waals surface area (Å²) in [6, 6.07) is 4.54. The van der Waals surface area contributed by atoms with Gasteiger partial charge in [-0.2, -0.15) is 0 Å².